The molecular weight excluding hydrogens is 344 g/mol. The van der Waals surface area contributed by atoms with Crippen LogP contribution in [-0.2, 0) is 20.7 Å². The second-order valence-corrected chi connectivity index (χ2v) is 7.11. The fourth-order valence-electron chi connectivity index (χ4n) is 3.54. The molecule has 2 aromatic heterocycles. The molecule has 1 atom stereocenters. The minimum Gasteiger partial charge on any atom is -0.487 e. The quantitative estimate of drug-likeness (QED) is 0.735. The Morgan fingerprint density at radius 1 is 1.26 bits per heavy atom. The van der Waals surface area contributed by atoms with Crippen molar-refractivity contribution in [3.8, 4) is 5.75 Å². The van der Waals surface area contributed by atoms with Gasteiger partial charge in [0.25, 0.3) is 5.91 Å². The van der Waals surface area contributed by atoms with Crippen LogP contribution in [-0.4, -0.2) is 56.5 Å². The molecule has 1 aromatic carbocycles. The number of fused-ring (bicyclic) bond motifs is 1. The maximum Gasteiger partial charge on any atom is 0.270 e. The molecule has 1 amide bonds. The van der Waals surface area contributed by atoms with Crippen molar-refractivity contribution in [3.05, 3.63) is 41.9 Å². The van der Waals surface area contributed by atoms with Crippen molar-refractivity contribution in [1.82, 2.24) is 29.8 Å². The van der Waals surface area contributed by atoms with Gasteiger partial charge in [0.2, 0.25) is 0 Å². The monoisotopic (exact) mass is 368 g/mol. The van der Waals surface area contributed by atoms with Crippen LogP contribution in [0.25, 0.3) is 10.9 Å². The summed E-state index contributed by atoms with van der Waals surface area (Å²) < 4.78 is 9.31. The Bertz CT molecular complexity index is 976. The minimum atomic E-state index is -0.0934. The van der Waals surface area contributed by atoms with E-state index in [1.165, 1.54) is 0 Å². The lowest BCUT2D eigenvalue weighted by Crippen LogP contribution is -2.37. The van der Waals surface area contributed by atoms with Crippen LogP contribution in [0.2, 0.25) is 0 Å². The molecule has 3 aromatic rings. The fourth-order valence-corrected chi connectivity index (χ4v) is 3.54. The summed E-state index contributed by atoms with van der Waals surface area (Å²) in [5.74, 6) is 0.607. The Labute approximate surface area is 157 Å². The molecule has 1 aliphatic rings. The summed E-state index contributed by atoms with van der Waals surface area (Å²) in [6.45, 7) is 2.29. The highest BCUT2D eigenvalue weighted by atomic mass is 16.5. The maximum atomic E-state index is 12.9. The number of benzene rings is 1. The molecule has 0 aliphatic carbocycles. The molecule has 4 rings (SSSR count). The van der Waals surface area contributed by atoms with E-state index >= 15 is 0 Å². The Kier molecular flexibility index (Phi) is 4.57. The zero-order valence-corrected chi connectivity index (χ0v) is 15.8. The van der Waals surface area contributed by atoms with Gasteiger partial charge < -0.3 is 15.0 Å². The van der Waals surface area contributed by atoms with Gasteiger partial charge in [0, 0.05) is 38.3 Å². The lowest BCUT2D eigenvalue weighted by atomic mass is 10.1. The Morgan fingerprint density at radius 3 is 2.81 bits per heavy atom. The molecule has 0 saturated carbocycles. The van der Waals surface area contributed by atoms with Crippen molar-refractivity contribution in [2.24, 2.45) is 14.1 Å². The predicted molar refractivity (Wildman–Crippen MR) is 102 cm³/mol. The topological polar surface area (TPSA) is 77.2 Å². The molecule has 0 spiro atoms. The third kappa shape index (κ3) is 3.52. The number of carbonyl (C=O) groups is 1. The average Bonchev–Trinajstić information content (AvgIpc) is 3.31. The van der Waals surface area contributed by atoms with Crippen molar-refractivity contribution in [3.63, 3.8) is 0 Å². The van der Waals surface area contributed by atoms with Crippen LogP contribution in [0.5, 0.6) is 5.75 Å². The van der Waals surface area contributed by atoms with Crippen molar-refractivity contribution in [2.45, 2.75) is 19.1 Å². The lowest BCUT2D eigenvalue weighted by molar-refractivity contribution is 0.0930. The normalized spacial score (nSPS) is 17.5. The van der Waals surface area contributed by atoms with Crippen molar-refractivity contribution in [2.75, 3.05) is 20.1 Å². The number of amides is 1. The Hall–Kier alpha value is -2.87. The van der Waals surface area contributed by atoms with E-state index in [0.29, 0.717) is 18.1 Å². The van der Waals surface area contributed by atoms with Crippen LogP contribution < -0.4 is 10.1 Å². The number of aromatic nitrogens is 4. The highest BCUT2D eigenvalue weighted by Gasteiger charge is 2.24. The summed E-state index contributed by atoms with van der Waals surface area (Å²) in [5, 5.41) is 12.5. The molecule has 0 radical (unpaired) electrons. The van der Waals surface area contributed by atoms with Gasteiger partial charge in [-0.25, -0.2) is 0 Å². The van der Waals surface area contributed by atoms with E-state index in [4.69, 9.17) is 4.74 Å². The van der Waals surface area contributed by atoms with E-state index in [0.717, 1.165) is 36.1 Å². The minimum absolute atomic E-state index is 0.0934. The number of likely N-dealkylation sites (tertiary alicyclic amines) is 1. The van der Waals surface area contributed by atoms with Gasteiger partial charge in [0.15, 0.2) is 0 Å². The lowest BCUT2D eigenvalue weighted by Gasteiger charge is -2.13. The Balaban J connectivity index is 1.56. The molecule has 142 valence electrons. The maximum absolute atomic E-state index is 12.9. The van der Waals surface area contributed by atoms with E-state index in [2.05, 4.69) is 27.5 Å². The summed E-state index contributed by atoms with van der Waals surface area (Å²) in [6.07, 6.45) is 2.71. The van der Waals surface area contributed by atoms with Gasteiger partial charge >= 0.3 is 0 Å². The zero-order valence-electron chi connectivity index (χ0n) is 15.8. The number of aryl methyl sites for hydroxylation is 2. The number of ether oxygens (including phenoxy) is 1. The third-order valence-corrected chi connectivity index (χ3v) is 5.06. The van der Waals surface area contributed by atoms with E-state index in [-0.39, 0.29) is 11.9 Å². The highest BCUT2D eigenvalue weighted by Crippen LogP contribution is 2.24. The van der Waals surface area contributed by atoms with E-state index in [9.17, 15) is 4.79 Å². The largest absolute Gasteiger partial charge is 0.487 e. The summed E-state index contributed by atoms with van der Waals surface area (Å²) >= 11 is 0. The van der Waals surface area contributed by atoms with Gasteiger partial charge in [0.05, 0.1) is 11.2 Å². The first kappa shape index (κ1) is 17.5. The summed E-state index contributed by atoms with van der Waals surface area (Å²) in [7, 11) is 5.75. The number of nitrogens with one attached hydrogen (secondary N) is 1. The van der Waals surface area contributed by atoms with Gasteiger partial charge in [-0.3, -0.25) is 14.2 Å². The van der Waals surface area contributed by atoms with Gasteiger partial charge in [0.1, 0.15) is 18.1 Å². The molecule has 1 aliphatic heterocycles. The molecule has 1 unspecified atom stereocenters. The first-order chi connectivity index (χ1) is 13.0. The van der Waals surface area contributed by atoms with E-state index in [1.807, 2.05) is 31.3 Å². The first-order valence-electron chi connectivity index (χ1n) is 9.07. The molecule has 1 N–H and O–H groups in total. The molecule has 3 heterocycles. The number of carbonyl (C=O) groups excluding carboxylic acids is 1. The number of hydrogen-bond acceptors (Lipinski definition) is 5. The summed E-state index contributed by atoms with van der Waals surface area (Å²) in [5.41, 5.74) is 2.31. The predicted octanol–water partition coefficient (Wildman–Crippen LogP) is 1.32. The number of hydrogen-bond donors (Lipinski definition) is 1. The molecule has 27 heavy (non-hydrogen) atoms. The zero-order chi connectivity index (χ0) is 19.0. The van der Waals surface area contributed by atoms with Gasteiger partial charge in [-0.2, -0.15) is 10.2 Å². The Morgan fingerprint density at radius 2 is 2.11 bits per heavy atom. The van der Waals surface area contributed by atoms with Gasteiger partial charge in [-0.05, 0) is 44.3 Å². The highest BCUT2D eigenvalue weighted by molar-refractivity contribution is 6.05. The van der Waals surface area contributed by atoms with Crippen LogP contribution in [0.1, 0.15) is 22.6 Å². The molecule has 1 saturated heterocycles. The van der Waals surface area contributed by atoms with E-state index < -0.39 is 0 Å². The van der Waals surface area contributed by atoms with E-state index in [1.54, 1.807) is 22.6 Å². The number of rotatable bonds is 5. The average molecular weight is 368 g/mol. The van der Waals surface area contributed by atoms with Gasteiger partial charge in [-0.1, -0.05) is 0 Å². The second-order valence-electron chi connectivity index (χ2n) is 7.11. The van der Waals surface area contributed by atoms with Crippen molar-refractivity contribution >= 4 is 16.8 Å². The third-order valence-electron chi connectivity index (χ3n) is 5.06. The molecule has 8 heteroatoms. The molecule has 0 bridgehead atoms. The molecular formula is C19H24N6O2. The van der Waals surface area contributed by atoms with Crippen LogP contribution in [0.4, 0.5) is 0 Å². The van der Waals surface area contributed by atoms with Crippen LogP contribution in [0.3, 0.4) is 0 Å². The number of nitrogens with zero attached hydrogens (tertiary/aromatic N) is 5. The van der Waals surface area contributed by atoms with Crippen molar-refractivity contribution < 1.29 is 9.53 Å². The van der Waals surface area contributed by atoms with Crippen LogP contribution >= 0.6 is 0 Å². The second kappa shape index (κ2) is 7.03. The van der Waals surface area contributed by atoms with Crippen LogP contribution in [0.15, 0.2) is 30.5 Å². The van der Waals surface area contributed by atoms with Gasteiger partial charge in [-0.15, -0.1) is 0 Å². The number of likely N-dealkylation sites (N-methyl/N-ethyl adjacent to an activating group) is 1. The molecule has 1 fully saturated rings. The smallest absolute Gasteiger partial charge is 0.270 e. The summed E-state index contributed by atoms with van der Waals surface area (Å²) in [6, 6.07) is 7.73. The van der Waals surface area contributed by atoms with Crippen LogP contribution in [0, 0.1) is 0 Å². The standard InChI is InChI=1S/C19H24N6O2/c1-23-9-7-13(11-23)21-19(26)18-16-10-15(4-5-17(16)22-25(18)3)27-12-14-6-8-20-24(14)2/h4-6,8,10,13H,7,9,11-12H2,1-3H3,(H,21,26). The molecule has 8 nitrogen and oxygen atoms in total. The fraction of sp³-hybridized carbons (Fsp3) is 0.421. The summed E-state index contributed by atoms with van der Waals surface area (Å²) in [4.78, 5) is 15.1. The SMILES string of the molecule is CN1CCC(NC(=O)c2c3cc(OCc4ccnn4C)ccc3nn2C)C1. The first-order valence-corrected chi connectivity index (χ1v) is 9.07. The van der Waals surface area contributed by atoms with Crippen molar-refractivity contribution in [1.29, 1.82) is 0 Å².